The number of hydrogen-bond donors (Lipinski definition) is 0. The molecule has 0 spiro atoms. The average Bonchev–Trinajstić information content (AvgIpc) is 2.78. The minimum absolute atomic E-state index is 0.0968. The van der Waals surface area contributed by atoms with Gasteiger partial charge in [-0.1, -0.05) is 110 Å². The highest BCUT2D eigenvalue weighted by atomic mass is 28.2. The molecule has 0 saturated heterocycles. The number of unbranched alkanes of at least 4 members (excludes halogenated alkanes) is 15. The molecule has 0 radical (unpaired) electrons. The third-order valence-electron chi connectivity index (χ3n) is 7.30. The minimum Gasteiger partial charge on any atom is -0.378 e. The summed E-state index contributed by atoms with van der Waals surface area (Å²) < 4.78 is 6.20. The Morgan fingerprint density at radius 1 is 0.677 bits per heavy atom. The molecule has 2 atom stereocenters. The second kappa shape index (κ2) is 19.5. The van der Waals surface area contributed by atoms with Crippen LogP contribution in [-0.4, -0.2) is 47.9 Å². The Labute approximate surface area is 198 Å². The molecule has 0 bridgehead atoms. The predicted molar refractivity (Wildman–Crippen MR) is 138 cm³/mol. The molecular weight excluding hydrogens is 402 g/mol. The summed E-state index contributed by atoms with van der Waals surface area (Å²) in [4.78, 5) is 11.2. The molecule has 0 aliphatic heterocycles. The summed E-state index contributed by atoms with van der Waals surface area (Å²) in [5, 5.41) is 0. The average molecular weight is 461 g/mol. The van der Waals surface area contributed by atoms with Crippen molar-refractivity contribution in [2.45, 2.75) is 148 Å². The molecule has 0 saturated carbocycles. The Morgan fingerprint density at radius 2 is 1.03 bits per heavy atom. The van der Waals surface area contributed by atoms with Crippen LogP contribution in [0.4, 0.5) is 0 Å². The molecule has 0 N–H and O–H groups in total. The molecule has 0 fully saturated rings. The van der Waals surface area contributed by atoms with Crippen LogP contribution in [0.15, 0.2) is 0 Å². The van der Waals surface area contributed by atoms with Gasteiger partial charge in [-0.15, -0.1) is 4.48 Å². The molecule has 188 valence electrons. The number of quaternary nitrogens is 1. The first-order valence-corrected chi connectivity index (χ1v) is 14.3. The lowest BCUT2D eigenvalue weighted by Crippen LogP contribution is -2.53. The molecule has 0 aromatic rings. The van der Waals surface area contributed by atoms with Gasteiger partial charge in [0.15, 0.2) is 0 Å². The summed E-state index contributed by atoms with van der Waals surface area (Å²) in [5.41, 5.74) is -0.0968. The van der Waals surface area contributed by atoms with E-state index in [1.165, 1.54) is 103 Å². The molecule has 0 aliphatic rings. The molecule has 0 heterocycles. The van der Waals surface area contributed by atoms with Crippen LogP contribution >= 0.6 is 0 Å². The van der Waals surface area contributed by atoms with Crippen molar-refractivity contribution in [1.29, 1.82) is 0 Å². The van der Waals surface area contributed by atoms with Gasteiger partial charge in [0, 0.05) is 13.5 Å². The summed E-state index contributed by atoms with van der Waals surface area (Å²) in [6.45, 7) is 6.73. The lowest BCUT2D eigenvalue weighted by molar-refractivity contribution is -1.18. The Hall–Kier alpha value is 0.0569. The first kappa shape index (κ1) is 31.1. The number of ether oxygens (including phenoxy) is 1. The predicted octanol–water partition coefficient (Wildman–Crippen LogP) is 7.04. The van der Waals surface area contributed by atoms with Gasteiger partial charge in [-0.05, 0) is 20.3 Å². The van der Waals surface area contributed by atoms with Gasteiger partial charge in [0.25, 0.3) is 0 Å². The van der Waals surface area contributed by atoms with E-state index in [-0.39, 0.29) is 16.1 Å². The molecule has 4 nitrogen and oxygen atoms in total. The molecular formula is C26H58NO3Si+. The maximum Gasteiger partial charge on any atom is 0.308 e. The van der Waals surface area contributed by atoms with E-state index in [1.54, 1.807) is 14.2 Å². The number of nitrogens with zero attached hydrogens (tertiary/aromatic N) is 1. The zero-order valence-corrected chi connectivity index (χ0v) is 24.5. The fraction of sp³-hybridized carbons (Fsp3) is 1.00. The van der Waals surface area contributed by atoms with Crippen molar-refractivity contribution in [3.05, 3.63) is 0 Å². The normalized spacial score (nSPS) is 15.3. The highest BCUT2D eigenvalue weighted by Gasteiger charge is 2.37. The lowest BCUT2D eigenvalue weighted by atomic mass is 9.91. The zero-order chi connectivity index (χ0) is 23.4. The summed E-state index contributed by atoms with van der Waals surface area (Å²) in [7, 11) is 6.10. The maximum atomic E-state index is 5.91. The van der Waals surface area contributed by atoms with E-state index in [4.69, 9.17) is 14.4 Å². The maximum absolute atomic E-state index is 5.91. The summed E-state index contributed by atoms with van der Waals surface area (Å²) in [5.74, 6) is 0. The van der Waals surface area contributed by atoms with Crippen molar-refractivity contribution >= 4 is 10.4 Å². The van der Waals surface area contributed by atoms with Gasteiger partial charge in [0.1, 0.15) is 6.04 Å². The van der Waals surface area contributed by atoms with Gasteiger partial charge in [0.2, 0.25) is 0 Å². The first-order chi connectivity index (χ1) is 14.9. The van der Waals surface area contributed by atoms with Gasteiger partial charge in [-0.25, -0.2) is 0 Å². The van der Waals surface area contributed by atoms with Crippen LogP contribution in [0.2, 0.25) is 0 Å². The number of hydroxylamine groups is 2. The molecule has 5 heteroatoms. The Kier molecular flexibility index (Phi) is 19.6. The van der Waals surface area contributed by atoms with Gasteiger partial charge < -0.3 is 4.74 Å². The van der Waals surface area contributed by atoms with E-state index in [1.807, 2.05) is 7.11 Å². The Balaban J connectivity index is 3.65. The molecule has 0 aromatic heterocycles. The van der Waals surface area contributed by atoms with Gasteiger partial charge in [0.05, 0.1) is 19.8 Å². The van der Waals surface area contributed by atoms with E-state index in [9.17, 15) is 0 Å². The van der Waals surface area contributed by atoms with Crippen molar-refractivity contribution in [1.82, 2.24) is 0 Å². The summed E-state index contributed by atoms with van der Waals surface area (Å²) >= 11 is 0. The second-order valence-electron chi connectivity index (χ2n) is 10.0. The van der Waals surface area contributed by atoms with Crippen LogP contribution in [0.5, 0.6) is 0 Å². The third kappa shape index (κ3) is 15.5. The van der Waals surface area contributed by atoms with E-state index >= 15 is 0 Å². The van der Waals surface area contributed by atoms with Crippen molar-refractivity contribution in [3.63, 3.8) is 0 Å². The molecule has 0 rings (SSSR count). The smallest absolute Gasteiger partial charge is 0.308 e. The van der Waals surface area contributed by atoms with Crippen LogP contribution < -0.4 is 0 Å². The van der Waals surface area contributed by atoms with Crippen LogP contribution in [0.25, 0.3) is 0 Å². The monoisotopic (exact) mass is 460 g/mol. The molecule has 31 heavy (non-hydrogen) atoms. The Bertz CT molecular complexity index is 393. The third-order valence-corrected chi connectivity index (χ3v) is 8.92. The van der Waals surface area contributed by atoms with Gasteiger partial charge in [-0.3, -0.25) is 0 Å². The first-order valence-electron chi connectivity index (χ1n) is 13.4. The number of rotatable bonds is 23. The second-order valence-corrected chi connectivity index (χ2v) is 11.3. The number of hydrogen-bond acceptors (Lipinski definition) is 3. The highest BCUT2D eigenvalue weighted by molar-refractivity contribution is 5.96. The minimum atomic E-state index is -0.0968. The SMILES string of the molecule is CCCCCCCCCCCCCCCCCCC(C)(CC(C)[N+]([SiH3])(OC)OC)OC. The van der Waals surface area contributed by atoms with Crippen molar-refractivity contribution in [2.24, 2.45) is 0 Å². The molecule has 0 amide bonds. The van der Waals surface area contributed by atoms with Crippen LogP contribution in [0.3, 0.4) is 0 Å². The fourth-order valence-corrected chi connectivity index (χ4v) is 4.74. The van der Waals surface area contributed by atoms with Crippen molar-refractivity contribution in [3.8, 4) is 0 Å². The van der Waals surface area contributed by atoms with Crippen molar-refractivity contribution < 1.29 is 18.9 Å². The fourth-order valence-electron chi connectivity index (χ4n) is 4.56. The zero-order valence-electron chi connectivity index (χ0n) is 22.5. The van der Waals surface area contributed by atoms with Crippen LogP contribution in [0, 0.1) is 0 Å². The topological polar surface area (TPSA) is 27.7 Å². The van der Waals surface area contributed by atoms with E-state index in [2.05, 4.69) is 20.8 Å². The van der Waals surface area contributed by atoms with Gasteiger partial charge in [-0.2, -0.15) is 9.68 Å². The lowest BCUT2D eigenvalue weighted by Gasteiger charge is -2.38. The van der Waals surface area contributed by atoms with E-state index < -0.39 is 0 Å². The van der Waals surface area contributed by atoms with Crippen LogP contribution in [0.1, 0.15) is 136 Å². The molecule has 0 aromatic carbocycles. The summed E-state index contributed by atoms with van der Waals surface area (Å²) in [6.07, 6.45) is 24.6. The highest BCUT2D eigenvalue weighted by Crippen LogP contribution is 2.28. The molecule has 0 aliphatic carbocycles. The quantitative estimate of drug-likeness (QED) is 0.0929. The van der Waals surface area contributed by atoms with E-state index in [0.29, 0.717) is 0 Å². The Morgan fingerprint density at radius 3 is 1.35 bits per heavy atom. The van der Waals surface area contributed by atoms with Crippen molar-refractivity contribution in [2.75, 3.05) is 21.3 Å². The van der Waals surface area contributed by atoms with Gasteiger partial charge >= 0.3 is 10.4 Å². The largest absolute Gasteiger partial charge is 0.378 e. The van der Waals surface area contributed by atoms with E-state index in [0.717, 1.165) is 23.2 Å². The standard InChI is InChI=1S/C26H58NO3Si/c1-7-8-9-10-11-12-13-14-15-16-17-18-19-20-21-22-23-26(3,28-4)24-25(2)27(31,29-5)30-6/h25H,7-24H2,1-6,31H3/q+1. The number of methoxy groups -OCH3 is 1. The van der Waals surface area contributed by atoms with Crippen LogP contribution in [-0.2, 0) is 14.4 Å². The molecule has 2 unspecified atom stereocenters. The summed E-state index contributed by atoms with van der Waals surface area (Å²) in [6, 6.07) is 0.271.